The minimum absolute atomic E-state index is 0.0694. The van der Waals surface area contributed by atoms with Crippen LogP contribution in [0.3, 0.4) is 0 Å². The van der Waals surface area contributed by atoms with Gasteiger partial charge in [0.15, 0.2) is 0 Å². The van der Waals surface area contributed by atoms with Crippen molar-refractivity contribution in [3.8, 4) is 0 Å². The van der Waals surface area contributed by atoms with Crippen LogP contribution in [0.5, 0.6) is 0 Å². The second kappa shape index (κ2) is 7.49. The van der Waals surface area contributed by atoms with Gasteiger partial charge in [-0.2, -0.15) is 12.6 Å². The summed E-state index contributed by atoms with van der Waals surface area (Å²) in [5, 5.41) is 17.9. The molecule has 0 rings (SSSR count). The molecule has 90 valence electrons. The molecule has 0 aliphatic carbocycles. The Morgan fingerprint density at radius 3 is 1.87 bits per heavy atom. The predicted octanol–water partition coefficient (Wildman–Crippen LogP) is -2.23. The minimum Gasteiger partial charge on any atom is -0.544 e. The lowest BCUT2D eigenvalue weighted by Gasteiger charge is -2.23. The van der Waals surface area contributed by atoms with Gasteiger partial charge in [-0.3, -0.25) is 4.79 Å². The summed E-state index contributed by atoms with van der Waals surface area (Å²) in [5.41, 5.74) is 4.94. The first-order valence-electron chi connectivity index (χ1n) is 4.19. The van der Waals surface area contributed by atoms with Gasteiger partial charge in [-0.25, -0.2) is 0 Å². The van der Waals surface area contributed by atoms with Crippen molar-refractivity contribution in [3.05, 3.63) is 0 Å². The van der Waals surface area contributed by atoms with Gasteiger partial charge >= 0.3 is 5.97 Å². The minimum atomic E-state index is -1.00. The SMILES string of the molecule is C[N+](C)(C)CC(=O)[O-].NC(CS)C(=O)O. The average Bonchev–Trinajstić information content (AvgIpc) is 1.99. The van der Waals surface area contributed by atoms with E-state index in [9.17, 15) is 14.7 Å². The molecule has 0 spiro atoms. The van der Waals surface area contributed by atoms with E-state index >= 15 is 0 Å². The number of aliphatic carboxylic acids is 2. The third kappa shape index (κ3) is 15.9. The number of hydrogen-bond acceptors (Lipinski definition) is 5. The van der Waals surface area contributed by atoms with E-state index in [4.69, 9.17) is 10.8 Å². The predicted molar refractivity (Wildman–Crippen MR) is 57.4 cm³/mol. The van der Waals surface area contributed by atoms with Crippen molar-refractivity contribution < 1.29 is 24.3 Å². The first-order chi connectivity index (χ1) is 6.60. The third-order valence-electron chi connectivity index (χ3n) is 1.12. The zero-order chi connectivity index (χ0) is 12.6. The molecule has 0 aliphatic rings. The van der Waals surface area contributed by atoms with Gasteiger partial charge in [-0.15, -0.1) is 0 Å². The second-order valence-corrected chi connectivity index (χ2v) is 4.31. The summed E-state index contributed by atoms with van der Waals surface area (Å²) < 4.78 is 0.419. The highest BCUT2D eigenvalue weighted by Crippen LogP contribution is 1.85. The van der Waals surface area contributed by atoms with Gasteiger partial charge in [0, 0.05) is 5.75 Å². The zero-order valence-electron chi connectivity index (χ0n) is 9.14. The Labute approximate surface area is 94.7 Å². The normalized spacial score (nSPS) is 12.3. The van der Waals surface area contributed by atoms with Gasteiger partial charge in [0.2, 0.25) is 0 Å². The van der Waals surface area contributed by atoms with E-state index in [0.29, 0.717) is 4.48 Å². The van der Waals surface area contributed by atoms with Gasteiger partial charge in [0.1, 0.15) is 12.6 Å². The molecule has 7 heteroatoms. The fourth-order valence-electron chi connectivity index (χ4n) is 0.465. The summed E-state index contributed by atoms with van der Waals surface area (Å²) >= 11 is 3.65. The Kier molecular flexibility index (Phi) is 8.31. The molecule has 0 radical (unpaired) electrons. The number of nitrogens with two attached hydrogens (primary N) is 1. The number of nitrogens with zero attached hydrogens (tertiary/aromatic N) is 1. The number of thiol groups is 1. The standard InChI is InChI=1S/C5H11NO2.C3H7NO2S/c1-6(2,3)4-5(7)8;4-2(1-7)3(5)6/h4H2,1-3H3;2,7H,1,4H2,(H,5,6). The van der Waals surface area contributed by atoms with Gasteiger partial charge < -0.3 is 25.2 Å². The van der Waals surface area contributed by atoms with Crippen molar-refractivity contribution in [2.45, 2.75) is 6.04 Å². The monoisotopic (exact) mass is 238 g/mol. The number of carboxylic acid groups (broad SMARTS) is 2. The van der Waals surface area contributed by atoms with Crippen molar-refractivity contribution in [1.82, 2.24) is 0 Å². The number of rotatable bonds is 4. The summed E-state index contributed by atoms with van der Waals surface area (Å²) in [6.45, 7) is 0.0694. The van der Waals surface area contributed by atoms with E-state index < -0.39 is 18.0 Å². The first kappa shape index (κ1) is 16.6. The van der Waals surface area contributed by atoms with Crippen LogP contribution in [0.15, 0.2) is 0 Å². The highest BCUT2D eigenvalue weighted by molar-refractivity contribution is 7.80. The van der Waals surface area contributed by atoms with Gasteiger partial charge in [0.05, 0.1) is 27.1 Å². The Bertz CT molecular complexity index is 215. The van der Waals surface area contributed by atoms with Crippen LogP contribution >= 0.6 is 12.6 Å². The molecular formula is C8H18N2O4S. The van der Waals surface area contributed by atoms with Crippen LogP contribution in [0.25, 0.3) is 0 Å². The third-order valence-corrected chi connectivity index (χ3v) is 1.51. The molecule has 15 heavy (non-hydrogen) atoms. The molecule has 0 aromatic rings. The van der Waals surface area contributed by atoms with E-state index in [1.165, 1.54) is 0 Å². The fraction of sp³-hybridized carbons (Fsp3) is 0.750. The van der Waals surface area contributed by atoms with E-state index in [0.717, 1.165) is 0 Å². The maximum Gasteiger partial charge on any atom is 0.321 e. The molecule has 0 aromatic heterocycles. The Hall–Kier alpha value is -0.790. The number of quaternary nitrogens is 1. The summed E-state index contributed by atoms with van der Waals surface area (Å²) in [7, 11) is 5.40. The summed E-state index contributed by atoms with van der Waals surface area (Å²) in [4.78, 5) is 19.6. The lowest BCUT2D eigenvalue weighted by molar-refractivity contribution is -0.864. The molecular weight excluding hydrogens is 220 g/mol. The van der Waals surface area contributed by atoms with Crippen LogP contribution in [0.4, 0.5) is 0 Å². The fourth-order valence-corrected chi connectivity index (χ4v) is 0.622. The average molecular weight is 238 g/mol. The Morgan fingerprint density at radius 1 is 1.47 bits per heavy atom. The maximum atomic E-state index is 9.89. The van der Waals surface area contributed by atoms with Crippen molar-refractivity contribution in [2.24, 2.45) is 5.73 Å². The van der Waals surface area contributed by atoms with E-state index in [1.807, 2.05) is 0 Å². The molecule has 0 bridgehead atoms. The number of likely N-dealkylation sites (N-methyl/N-ethyl adjacent to an activating group) is 1. The molecule has 6 nitrogen and oxygen atoms in total. The van der Waals surface area contributed by atoms with Crippen molar-refractivity contribution in [3.63, 3.8) is 0 Å². The first-order valence-corrected chi connectivity index (χ1v) is 4.83. The number of hydrogen-bond donors (Lipinski definition) is 3. The summed E-state index contributed by atoms with van der Waals surface area (Å²) in [5.74, 6) is -1.82. The molecule has 0 aromatic carbocycles. The Balaban J connectivity index is 0. The smallest absolute Gasteiger partial charge is 0.321 e. The quantitative estimate of drug-likeness (QED) is 0.380. The number of carboxylic acids is 2. The lowest BCUT2D eigenvalue weighted by Crippen LogP contribution is -2.45. The second-order valence-electron chi connectivity index (χ2n) is 3.95. The molecule has 0 heterocycles. The van der Waals surface area contributed by atoms with E-state index in [1.54, 1.807) is 21.1 Å². The topological polar surface area (TPSA) is 103 Å². The van der Waals surface area contributed by atoms with Crippen molar-refractivity contribution in [1.29, 1.82) is 0 Å². The largest absolute Gasteiger partial charge is 0.544 e. The van der Waals surface area contributed by atoms with Crippen molar-refractivity contribution in [2.75, 3.05) is 33.4 Å². The molecule has 0 fully saturated rings. The van der Waals surface area contributed by atoms with E-state index in [-0.39, 0.29) is 12.3 Å². The van der Waals surface area contributed by atoms with Gasteiger partial charge in [0.25, 0.3) is 0 Å². The van der Waals surface area contributed by atoms with E-state index in [2.05, 4.69) is 12.6 Å². The molecule has 1 atom stereocenters. The van der Waals surface area contributed by atoms with Gasteiger partial charge in [-0.1, -0.05) is 0 Å². The summed E-state index contributed by atoms with van der Waals surface area (Å²) in [6.07, 6.45) is 0. The highest BCUT2D eigenvalue weighted by Gasteiger charge is 2.06. The maximum absolute atomic E-state index is 9.89. The number of carbonyl (C=O) groups excluding carboxylic acids is 1. The van der Waals surface area contributed by atoms with Crippen LogP contribution in [-0.4, -0.2) is 61.0 Å². The molecule has 0 amide bonds. The molecule has 1 unspecified atom stereocenters. The highest BCUT2D eigenvalue weighted by atomic mass is 32.1. The van der Waals surface area contributed by atoms with Crippen LogP contribution < -0.4 is 10.8 Å². The molecule has 3 N–H and O–H groups in total. The number of carbonyl (C=O) groups is 2. The molecule has 0 saturated carbocycles. The lowest BCUT2D eigenvalue weighted by atomic mass is 10.4. The van der Waals surface area contributed by atoms with Crippen LogP contribution in [-0.2, 0) is 9.59 Å². The summed E-state index contributed by atoms with van der Waals surface area (Å²) in [6, 6.07) is -0.816. The van der Waals surface area contributed by atoms with Crippen LogP contribution in [0.2, 0.25) is 0 Å². The molecule has 0 saturated heterocycles. The van der Waals surface area contributed by atoms with Crippen LogP contribution in [0.1, 0.15) is 0 Å². The van der Waals surface area contributed by atoms with Gasteiger partial charge in [-0.05, 0) is 0 Å². The zero-order valence-corrected chi connectivity index (χ0v) is 10.0. The van der Waals surface area contributed by atoms with Crippen molar-refractivity contribution >= 4 is 24.6 Å². The molecule has 0 aliphatic heterocycles. The Morgan fingerprint density at radius 2 is 1.87 bits per heavy atom. The van der Waals surface area contributed by atoms with Crippen LogP contribution in [0, 0.1) is 0 Å².